The average Bonchev–Trinajstić information content (AvgIpc) is 2.47. The van der Waals surface area contributed by atoms with E-state index in [9.17, 15) is 8.76 Å². The summed E-state index contributed by atoms with van der Waals surface area (Å²) < 4.78 is 22.0. The molecule has 0 bridgehead atoms. The van der Waals surface area contributed by atoms with Crippen molar-refractivity contribution >= 4 is 22.6 Å². The Hall–Kier alpha value is -1.34. The number of aromatic nitrogens is 4. The van der Waals surface area contributed by atoms with E-state index in [4.69, 9.17) is 0 Å². The molecule has 0 fully saturated rings. The molecule has 0 aliphatic carbocycles. The molecular formula is C5H3N4O2S-. The maximum atomic E-state index is 10.5. The highest BCUT2D eigenvalue weighted by Crippen LogP contribution is 2.05. The molecule has 12 heavy (non-hydrogen) atoms. The SMILES string of the molecule is O=S([O-])n1cnc2nccnc21. The number of rotatable bonds is 1. The summed E-state index contributed by atoms with van der Waals surface area (Å²) in [6.07, 6.45) is 4.02. The van der Waals surface area contributed by atoms with Crippen molar-refractivity contribution in [2.75, 3.05) is 0 Å². The van der Waals surface area contributed by atoms with Crippen LogP contribution in [0.1, 0.15) is 0 Å². The van der Waals surface area contributed by atoms with Gasteiger partial charge in [0.2, 0.25) is 0 Å². The summed E-state index contributed by atoms with van der Waals surface area (Å²) in [5, 5.41) is 0. The van der Waals surface area contributed by atoms with Crippen LogP contribution in [0.3, 0.4) is 0 Å². The lowest BCUT2D eigenvalue weighted by Crippen LogP contribution is -2.01. The molecule has 2 aromatic heterocycles. The molecule has 0 N–H and O–H groups in total. The molecule has 0 amide bonds. The van der Waals surface area contributed by atoms with E-state index >= 15 is 0 Å². The van der Waals surface area contributed by atoms with Crippen molar-refractivity contribution in [1.82, 2.24) is 18.9 Å². The third-order valence-electron chi connectivity index (χ3n) is 1.31. The highest BCUT2D eigenvalue weighted by atomic mass is 32.2. The molecular weight excluding hydrogens is 180 g/mol. The Morgan fingerprint density at radius 3 is 2.83 bits per heavy atom. The van der Waals surface area contributed by atoms with E-state index < -0.39 is 11.3 Å². The van der Waals surface area contributed by atoms with Crippen molar-refractivity contribution in [2.45, 2.75) is 0 Å². The standard InChI is InChI=1S/C5H4N4O2S/c10-12(11)9-3-8-4-5(9)7-2-1-6-4/h1-3H,(H,10,11)/p-1. The molecule has 0 aromatic carbocycles. The Balaban J connectivity index is 2.79. The van der Waals surface area contributed by atoms with Gasteiger partial charge in [-0.1, -0.05) is 0 Å². The lowest BCUT2D eigenvalue weighted by molar-refractivity contribution is 0.529. The molecule has 7 heteroatoms. The molecule has 1 unspecified atom stereocenters. The first-order valence-electron chi connectivity index (χ1n) is 3.03. The molecule has 2 aromatic rings. The Morgan fingerprint density at radius 1 is 1.33 bits per heavy atom. The second kappa shape index (κ2) is 2.61. The highest BCUT2D eigenvalue weighted by Gasteiger charge is 2.02. The van der Waals surface area contributed by atoms with E-state index in [2.05, 4.69) is 15.0 Å². The third kappa shape index (κ3) is 0.990. The van der Waals surface area contributed by atoms with Crippen LogP contribution in [0.25, 0.3) is 11.3 Å². The Labute approximate surface area is 69.7 Å². The van der Waals surface area contributed by atoms with Crippen LogP contribution in [0.5, 0.6) is 0 Å². The zero-order valence-corrected chi connectivity index (χ0v) is 6.56. The number of hydrogen-bond acceptors (Lipinski definition) is 5. The zero-order chi connectivity index (χ0) is 8.55. The first-order valence-corrected chi connectivity index (χ1v) is 4.06. The first kappa shape index (κ1) is 7.32. The first-order chi connectivity index (χ1) is 5.79. The summed E-state index contributed by atoms with van der Waals surface area (Å²) >= 11 is -2.37. The second-order valence-electron chi connectivity index (χ2n) is 1.99. The minimum Gasteiger partial charge on any atom is -0.755 e. The molecule has 2 heterocycles. The smallest absolute Gasteiger partial charge is 0.198 e. The topological polar surface area (TPSA) is 83.7 Å². The minimum atomic E-state index is -2.37. The average molecular weight is 183 g/mol. The maximum absolute atomic E-state index is 10.5. The zero-order valence-electron chi connectivity index (χ0n) is 5.75. The fourth-order valence-corrected chi connectivity index (χ4v) is 1.23. The van der Waals surface area contributed by atoms with Crippen molar-refractivity contribution in [3.8, 4) is 0 Å². The Kier molecular flexibility index (Phi) is 1.59. The lowest BCUT2D eigenvalue weighted by Gasteiger charge is -2.03. The summed E-state index contributed by atoms with van der Waals surface area (Å²) in [4.78, 5) is 11.4. The molecule has 0 aliphatic rings. The summed E-state index contributed by atoms with van der Waals surface area (Å²) in [7, 11) is 0. The molecule has 0 radical (unpaired) electrons. The van der Waals surface area contributed by atoms with Gasteiger partial charge < -0.3 is 4.55 Å². The van der Waals surface area contributed by atoms with Crippen molar-refractivity contribution in [3.05, 3.63) is 18.7 Å². The van der Waals surface area contributed by atoms with Crippen LogP contribution in [0, 0.1) is 0 Å². The summed E-state index contributed by atoms with van der Waals surface area (Å²) in [5.74, 6) is 0. The van der Waals surface area contributed by atoms with Crippen LogP contribution < -0.4 is 0 Å². The normalized spacial score (nSPS) is 13.4. The van der Waals surface area contributed by atoms with E-state index in [0.717, 1.165) is 10.3 Å². The lowest BCUT2D eigenvalue weighted by atomic mass is 10.7. The maximum Gasteiger partial charge on any atom is 0.198 e. The number of fused-ring (bicyclic) bond motifs is 1. The van der Waals surface area contributed by atoms with Crippen LogP contribution in [0.15, 0.2) is 18.7 Å². The predicted octanol–water partition coefficient (Wildman–Crippen LogP) is -0.531. The summed E-state index contributed by atoms with van der Waals surface area (Å²) in [6, 6.07) is 0. The molecule has 0 aliphatic heterocycles. The Morgan fingerprint density at radius 2 is 2.08 bits per heavy atom. The molecule has 6 nitrogen and oxygen atoms in total. The number of hydrogen-bond donors (Lipinski definition) is 0. The van der Waals surface area contributed by atoms with Gasteiger partial charge in [0.1, 0.15) is 6.33 Å². The van der Waals surface area contributed by atoms with Gasteiger partial charge in [0.05, 0.1) is 11.3 Å². The second-order valence-corrected chi connectivity index (χ2v) is 2.82. The fraction of sp³-hybridized carbons (Fsp3) is 0. The molecule has 1 atom stereocenters. The van der Waals surface area contributed by atoms with Gasteiger partial charge in [-0.25, -0.2) is 18.9 Å². The van der Waals surface area contributed by atoms with Gasteiger partial charge in [-0.3, -0.25) is 4.21 Å². The van der Waals surface area contributed by atoms with Crippen LogP contribution in [-0.2, 0) is 11.3 Å². The number of nitrogens with zero attached hydrogens (tertiary/aromatic N) is 4. The van der Waals surface area contributed by atoms with Gasteiger partial charge in [-0.2, -0.15) is 0 Å². The largest absolute Gasteiger partial charge is 0.755 e. The van der Waals surface area contributed by atoms with Crippen LogP contribution in [-0.4, -0.2) is 27.7 Å². The highest BCUT2D eigenvalue weighted by molar-refractivity contribution is 7.77. The van der Waals surface area contributed by atoms with E-state index in [1.54, 1.807) is 0 Å². The predicted molar refractivity (Wildman–Crippen MR) is 39.6 cm³/mol. The van der Waals surface area contributed by atoms with E-state index in [1.165, 1.54) is 12.4 Å². The van der Waals surface area contributed by atoms with Crippen molar-refractivity contribution in [1.29, 1.82) is 0 Å². The quantitative estimate of drug-likeness (QED) is 0.555. The van der Waals surface area contributed by atoms with Crippen LogP contribution in [0.2, 0.25) is 0 Å². The van der Waals surface area contributed by atoms with Gasteiger partial charge in [0, 0.05) is 12.4 Å². The van der Waals surface area contributed by atoms with Gasteiger partial charge in [-0.05, 0) is 0 Å². The van der Waals surface area contributed by atoms with E-state index in [1.807, 2.05) is 0 Å². The summed E-state index contributed by atoms with van der Waals surface area (Å²) in [5.41, 5.74) is 0.563. The minimum absolute atomic E-state index is 0.242. The van der Waals surface area contributed by atoms with E-state index in [0.29, 0.717) is 5.65 Å². The van der Waals surface area contributed by atoms with Gasteiger partial charge in [-0.15, -0.1) is 0 Å². The Bertz CT molecular complexity index is 440. The van der Waals surface area contributed by atoms with Gasteiger partial charge in [0.25, 0.3) is 0 Å². The van der Waals surface area contributed by atoms with Gasteiger partial charge >= 0.3 is 0 Å². The van der Waals surface area contributed by atoms with Crippen LogP contribution in [0.4, 0.5) is 0 Å². The summed E-state index contributed by atoms with van der Waals surface area (Å²) in [6.45, 7) is 0. The van der Waals surface area contributed by atoms with Crippen molar-refractivity contribution in [2.24, 2.45) is 0 Å². The number of imidazole rings is 1. The van der Waals surface area contributed by atoms with E-state index in [-0.39, 0.29) is 5.65 Å². The molecule has 2 rings (SSSR count). The van der Waals surface area contributed by atoms with Crippen LogP contribution >= 0.6 is 0 Å². The molecule has 0 saturated heterocycles. The molecule has 0 spiro atoms. The van der Waals surface area contributed by atoms with Gasteiger partial charge in [0.15, 0.2) is 11.3 Å². The fourth-order valence-electron chi connectivity index (χ4n) is 0.841. The monoisotopic (exact) mass is 183 g/mol. The third-order valence-corrected chi connectivity index (χ3v) is 1.90. The van der Waals surface area contributed by atoms with Crippen molar-refractivity contribution in [3.63, 3.8) is 0 Å². The molecule has 62 valence electrons. The van der Waals surface area contributed by atoms with Crippen molar-refractivity contribution < 1.29 is 8.76 Å². The molecule has 0 saturated carbocycles.